The van der Waals surface area contributed by atoms with Crippen molar-refractivity contribution in [2.45, 2.75) is 92.9 Å². The summed E-state index contributed by atoms with van der Waals surface area (Å²) in [6, 6.07) is 17.0. The summed E-state index contributed by atoms with van der Waals surface area (Å²) >= 11 is 0. The maximum absolute atomic E-state index is 6.77. The van der Waals surface area contributed by atoms with Gasteiger partial charge in [0.05, 0.1) is 13.2 Å². The molecule has 0 spiro atoms. The number of nitrogens with zero attached hydrogens (tertiary/aromatic N) is 2. The molecule has 4 heteroatoms. The van der Waals surface area contributed by atoms with Gasteiger partial charge in [0.25, 0.3) is 0 Å². The third-order valence-electron chi connectivity index (χ3n) is 8.10. The summed E-state index contributed by atoms with van der Waals surface area (Å²) in [7, 11) is 0. The van der Waals surface area contributed by atoms with Crippen LogP contribution < -0.4 is 9.47 Å². The molecule has 0 aliphatic heterocycles. The fourth-order valence-corrected chi connectivity index (χ4v) is 5.38. The molecule has 0 amide bonds. The lowest BCUT2D eigenvalue weighted by Crippen LogP contribution is -2.13. The second-order valence-electron chi connectivity index (χ2n) is 10.9. The molecule has 0 saturated heterocycles. The number of hydrogen-bond acceptors (Lipinski definition) is 4. The van der Waals surface area contributed by atoms with Crippen LogP contribution in [0.4, 0.5) is 0 Å². The van der Waals surface area contributed by atoms with Crippen LogP contribution in [0.5, 0.6) is 11.5 Å². The lowest BCUT2D eigenvalue weighted by atomic mass is 9.95. The predicted molar refractivity (Wildman–Crippen MR) is 179 cm³/mol. The minimum atomic E-state index is 0.538. The zero-order chi connectivity index (χ0) is 30.2. The molecule has 0 aliphatic rings. The average Bonchev–Trinajstić information content (AvgIpc) is 3.06. The van der Waals surface area contributed by atoms with Crippen molar-refractivity contribution >= 4 is 10.8 Å². The van der Waals surface area contributed by atoms with Crippen molar-refractivity contribution in [3.05, 3.63) is 73.3 Å². The first-order valence-corrected chi connectivity index (χ1v) is 16.4. The van der Waals surface area contributed by atoms with Crippen molar-refractivity contribution < 1.29 is 9.47 Å². The molecule has 0 bridgehead atoms. The number of hydrogen-bond donors (Lipinski definition) is 0. The molecule has 2 heterocycles. The van der Waals surface area contributed by atoms with Crippen LogP contribution in [0, 0.1) is 11.8 Å². The molecule has 0 aliphatic carbocycles. The molecule has 0 radical (unpaired) electrons. The zero-order valence-corrected chi connectivity index (χ0v) is 26.9. The van der Waals surface area contributed by atoms with E-state index < -0.39 is 0 Å². The van der Waals surface area contributed by atoms with Gasteiger partial charge < -0.3 is 9.47 Å². The van der Waals surface area contributed by atoms with Gasteiger partial charge in [-0.15, -0.1) is 0 Å². The summed E-state index contributed by atoms with van der Waals surface area (Å²) in [5.41, 5.74) is 4.41. The van der Waals surface area contributed by atoms with Crippen LogP contribution in [-0.2, 0) is 0 Å². The highest BCUT2D eigenvalue weighted by Gasteiger charge is 2.20. The Bertz CT molecular complexity index is 1200. The molecular formula is C38H52N2O2. The molecule has 4 aromatic rings. The van der Waals surface area contributed by atoms with Crippen LogP contribution in [0.3, 0.4) is 0 Å². The molecule has 0 saturated carbocycles. The lowest BCUT2D eigenvalue weighted by Gasteiger charge is -2.22. The summed E-state index contributed by atoms with van der Waals surface area (Å²) in [6.07, 6.45) is 16.9. The number of ether oxygens (including phenoxy) is 2. The van der Waals surface area contributed by atoms with Gasteiger partial charge in [0.1, 0.15) is 11.5 Å². The van der Waals surface area contributed by atoms with E-state index in [1.165, 1.54) is 38.5 Å². The molecule has 2 unspecified atom stereocenters. The highest BCUT2D eigenvalue weighted by molar-refractivity contribution is 6.02. The standard InChI is InChI=1S/C36H46N2O2.C2H6/c1-5-9-11-27(7-3)25-39-35-31(29-17-21-37-22-18-29)13-16-34-33(35)15-14-32(30-19-23-38-24-20-30)36(34)40-26-28(8-4)12-10-6-2;1-2/h13-24,27-28H,5-12,25-26H2,1-4H3;1-2H3. The van der Waals surface area contributed by atoms with Crippen LogP contribution >= 0.6 is 0 Å². The third-order valence-corrected chi connectivity index (χ3v) is 8.10. The number of fused-ring (bicyclic) bond motifs is 1. The average molecular weight is 569 g/mol. The van der Waals surface area contributed by atoms with Crippen molar-refractivity contribution in [1.82, 2.24) is 9.97 Å². The van der Waals surface area contributed by atoms with E-state index in [0.717, 1.165) is 57.4 Å². The van der Waals surface area contributed by atoms with Crippen LogP contribution in [0.15, 0.2) is 73.3 Å². The summed E-state index contributed by atoms with van der Waals surface area (Å²) in [5.74, 6) is 2.94. The molecule has 0 fully saturated rings. The molecule has 226 valence electrons. The number of unbranched alkanes of at least 4 members (excludes halogenated alkanes) is 2. The minimum absolute atomic E-state index is 0.538. The molecule has 0 N–H and O–H groups in total. The Balaban J connectivity index is 0.00000237. The Morgan fingerprint density at radius 2 is 0.929 bits per heavy atom. The molecule has 2 aromatic carbocycles. The number of pyridine rings is 2. The summed E-state index contributed by atoms with van der Waals surface area (Å²) in [5, 5.41) is 2.18. The smallest absolute Gasteiger partial charge is 0.135 e. The van der Waals surface area contributed by atoms with Crippen molar-refractivity contribution in [3.8, 4) is 33.8 Å². The zero-order valence-electron chi connectivity index (χ0n) is 26.9. The second-order valence-corrected chi connectivity index (χ2v) is 10.9. The Morgan fingerprint density at radius 3 is 1.26 bits per heavy atom. The maximum atomic E-state index is 6.77. The quantitative estimate of drug-likeness (QED) is 0.135. The van der Waals surface area contributed by atoms with Crippen LogP contribution in [0.2, 0.25) is 0 Å². The lowest BCUT2D eigenvalue weighted by molar-refractivity contribution is 0.234. The first-order chi connectivity index (χ1) is 20.7. The maximum Gasteiger partial charge on any atom is 0.135 e. The van der Waals surface area contributed by atoms with E-state index in [9.17, 15) is 0 Å². The summed E-state index contributed by atoms with van der Waals surface area (Å²) < 4.78 is 13.5. The molecule has 2 aromatic heterocycles. The minimum Gasteiger partial charge on any atom is -0.492 e. The van der Waals surface area contributed by atoms with Crippen LogP contribution in [-0.4, -0.2) is 23.2 Å². The molecule has 2 atom stereocenters. The van der Waals surface area contributed by atoms with Gasteiger partial charge in [-0.05, 0) is 84.3 Å². The van der Waals surface area contributed by atoms with Crippen molar-refractivity contribution in [1.29, 1.82) is 0 Å². The predicted octanol–water partition coefficient (Wildman–Crippen LogP) is 11.2. The van der Waals surface area contributed by atoms with Gasteiger partial charge in [0.15, 0.2) is 0 Å². The summed E-state index contributed by atoms with van der Waals surface area (Å²) in [4.78, 5) is 8.50. The normalized spacial score (nSPS) is 12.3. The SMILES string of the molecule is CC.CCCCC(CC)COc1c(-c2ccncc2)ccc2c(OCC(CC)CCCC)c(-c3ccncc3)ccc12. The van der Waals surface area contributed by atoms with Gasteiger partial charge in [0.2, 0.25) is 0 Å². The highest BCUT2D eigenvalue weighted by Crippen LogP contribution is 2.44. The number of rotatable bonds is 16. The van der Waals surface area contributed by atoms with Gasteiger partial charge in [-0.2, -0.15) is 0 Å². The van der Waals surface area contributed by atoms with E-state index in [-0.39, 0.29) is 0 Å². The van der Waals surface area contributed by atoms with E-state index in [1.807, 2.05) is 38.6 Å². The molecule has 42 heavy (non-hydrogen) atoms. The van der Waals surface area contributed by atoms with Gasteiger partial charge in [-0.3, -0.25) is 9.97 Å². The van der Waals surface area contributed by atoms with Gasteiger partial charge in [0, 0.05) is 46.7 Å². The summed E-state index contributed by atoms with van der Waals surface area (Å²) in [6.45, 7) is 14.5. The van der Waals surface area contributed by atoms with E-state index in [4.69, 9.17) is 9.47 Å². The molecule has 4 nitrogen and oxygen atoms in total. The molecule has 4 rings (SSSR count). The van der Waals surface area contributed by atoms with Gasteiger partial charge in [-0.25, -0.2) is 0 Å². The van der Waals surface area contributed by atoms with Crippen molar-refractivity contribution in [2.75, 3.05) is 13.2 Å². The first kappa shape index (κ1) is 33.1. The van der Waals surface area contributed by atoms with E-state index in [1.54, 1.807) is 0 Å². The number of benzene rings is 2. The Morgan fingerprint density at radius 1 is 0.548 bits per heavy atom. The Labute approximate surface area is 254 Å². The third kappa shape index (κ3) is 8.80. The number of aromatic nitrogens is 2. The monoisotopic (exact) mass is 568 g/mol. The largest absolute Gasteiger partial charge is 0.492 e. The van der Waals surface area contributed by atoms with Crippen LogP contribution in [0.1, 0.15) is 92.9 Å². The van der Waals surface area contributed by atoms with Gasteiger partial charge in [-0.1, -0.05) is 80.1 Å². The fraction of sp³-hybridized carbons (Fsp3) is 0.474. The highest BCUT2D eigenvalue weighted by atomic mass is 16.5. The first-order valence-electron chi connectivity index (χ1n) is 16.4. The topological polar surface area (TPSA) is 44.2 Å². The van der Waals surface area contributed by atoms with E-state index in [0.29, 0.717) is 25.0 Å². The molecular weight excluding hydrogens is 516 g/mol. The van der Waals surface area contributed by atoms with Crippen molar-refractivity contribution in [3.63, 3.8) is 0 Å². The van der Waals surface area contributed by atoms with Crippen molar-refractivity contribution in [2.24, 2.45) is 11.8 Å². The van der Waals surface area contributed by atoms with E-state index >= 15 is 0 Å². The fourth-order valence-electron chi connectivity index (χ4n) is 5.38. The van der Waals surface area contributed by atoms with Crippen LogP contribution in [0.25, 0.3) is 33.0 Å². The van der Waals surface area contributed by atoms with Gasteiger partial charge >= 0.3 is 0 Å². The Kier molecular flexibility index (Phi) is 14.3. The van der Waals surface area contributed by atoms with E-state index in [2.05, 4.69) is 86.2 Å². The Hall–Kier alpha value is -3.40. The second kappa shape index (κ2) is 18.2.